The highest BCUT2D eigenvalue weighted by molar-refractivity contribution is 14.0. The topological polar surface area (TPSA) is 83.0 Å². The van der Waals surface area contributed by atoms with E-state index in [9.17, 15) is 9.59 Å². The zero-order valence-corrected chi connectivity index (χ0v) is 19.0. The number of nitrogens with one attached hydrogen (secondary N) is 2. The summed E-state index contributed by atoms with van der Waals surface area (Å²) in [5.41, 5.74) is 1.08. The lowest BCUT2D eigenvalue weighted by Gasteiger charge is -2.33. The third-order valence-corrected chi connectivity index (χ3v) is 4.59. The predicted molar refractivity (Wildman–Crippen MR) is 121 cm³/mol. The number of benzene rings is 1. The van der Waals surface area contributed by atoms with Gasteiger partial charge in [-0.3, -0.25) is 14.6 Å². The van der Waals surface area contributed by atoms with Gasteiger partial charge in [0.25, 0.3) is 0 Å². The Balaban J connectivity index is 0.00000392. The van der Waals surface area contributed by atoms with E-state index in [0.29, 0.717) is 26.1 Å². The van der Waals surface area contributed by atoms with Crippen molar-refractivity contribution in [2.45, 2.75) is 32.7 Å². The molecule has 0 atom stereocenters. The summed E-state index contributed by atoms with van der Waals surface area (Å²) in [4.78, 5) is 30.2. The molecule has 1 fully saturated rings. The number of carbonyl (C=O) groups excluding carboxylic acids is 2. The number of nitrogens with zero attached hydrogens (tertiary/aromatic N) is 2. The number of ether oxygens (including phenoxy) is 1. The van der Waals surface area contributed by atoms with E-state index >= 15 is 0 Å². The van der Waals surface area contributed by atoms with E-state index < -0.39 is 0 Å². The highest BCUT2D eigenvalue weighted by atomic mass is 127. The van der Waals surface area contributed by atoms with Crippen LogP contribution in [0.1, 0.15) is 31.7 Å². The van der Waals surface area contributed by atoms with Crippen LogP contribution in [0.2, 0.25) is 0 Å². The largest absolute Gasteiger partial charge is 0.466 e. The second-order valence-corrected chi connectivity index (χ2v) is 6.50. The van der Waals surface area contributed by atoms with Gasteiger partial charge < -0.3 is 20.3 Å². The molecule has 1 aromatic rings. The van der Waals surface area contributed by atoms with Gasteiger partial charge in [0.1, 0.15) is 0 Å². The lowest BCUT2D eigenvalue weighted by atomic mass is 9.97. The van der Waals surface area contributed by atoms with Gasteiger partial charge in [0.15, 0.2) is 5.96 Å². The Morgan fingerprint density at radius 3 is 2.46 bits per heavy atom. The highest BCUT2D eigenvalue weighted by Crippen LogP contribution is 2.18. The molecule has 7 nitrogen and oxygen atoms in total. The van der Waals surface area contributed by atoms with Crippen LogP contribution >= 0.6 is 24.0 Å². The Morgan fingerprint density at radius 1 is 1.18 bits per heavy atom. The molecule has 1 aliphatic rings. The molecule has 1 heterocycles. The fourth-order valence-electron chi connectivity index (χ4n) is 3.09. The summed E-state index contributed by atoms with van der Waals surface area (Å²) >= 11 is 0. The molecule has 1 amide bonds. The summed E-state index contributed by atoms with van der Waals surface area (Å²) in [6.45, 7) is 4.82. The first-order valence-electron chi connectivity index (χ1n) is 9.57. The molecule has 2 N–H and O–H groups in total. The average molecular weight is 502 g/mol. The van der Waals surface area contributed by atoms with E-state index in [1.807, 2.05) is 37.3 Å². The molecule has 2 rings (SSSR count). The number of aliphatic imine (C=N–C) groups is 1. The molecular weight excluding hydrogens is 471 g/mol. The number of likely N-dealkylation sites (tertiary alicyclic amines) is 1. The van der Waals surface area contributed by atoms with E-state index in [2.05, 4.69) is 20.5 Å². The minimum Gasteiger partial charge on any atom is -0.466 e. The predicted octanol–water partition coefficient (Wildman–Crippen LogP) is 2.16. The van der Waals surface area contributed by atoms with Crippen LogP contribution < -0.4 is 10.6 Å². The van der Waals surface area contributed by atoms with Gasteiger partial charge in [-0.05, 0) is 25.3 Å². The summed E-state index contributed by atoms with van der Waals surface area (Å²) in [5.74, 6) is 0.647. The minimum absolute atomic E-state index is 0. The first-order valence-corrected chi connectivity index (χ1v) is 9.57. The second-order valence-electron chi connectivity index (χ2n) is 6.50. The Hall–Kier alpha value is -1.84. The van der Waals surface area contributed by atoms with Gasteiger partial charge in [-0.15, -0.1) is 24.0 Å². The number of halogens is 1. The van der Waals surface area contributed by atoms with E-state index in [4.69, 9.17) is 4.74 Å². The van der Waals surface area contributed by atoms with Crippen molar-refractivity contribution in [3.8, 4) is 0 Å². The highest BCUT2D eigenvalue weighted by Gasteiger charge is 2.27. The number of piperidine rings is 1. The van der Waals surface area contributed by atoms with E-state index in [1.165, 1.54) is 0 Å². The summed E-state index contributed by atoms with van der Waals surface area (Å²) in [6.07, 6.45) is 1.90. The second kappa shape index (κ2) is 13.4. The molecule has 0 aromatic heterocycles. The Bertz CT molecular complexity index is 632. The molecule has 0 unspecified atom stereocenters. The number of guanidine groups is 1. The van der Waals surface area contributed by atoms with Crippen molar-refractivity contribution in [2.75, 3.05) is 33.3 Å². The zero-order valence-electron chi connectivity index (χ0n) is 16.6. The lowest BCUT2D eigenvalue weighted by molar-refractivity contribution is -0.149. The number of carbonyl (C=O) groups is 2. The van der Waals surface area contributed by atoms with Gasteiger partial charge in [0, 0.05) is 39.6 Å². The Morgan fingerprint density at radius 2 is 1.86 bits per heavy atom. The molecule has 1 aliphatic heterocycles. The molecular formula is C20H31IN4O3. The first-order chi connectivity index (χ1) is 13.1. The van der Waals surface area contributed by atoms with Gasteiger partial charge in [0.2, 0.25) is 5.91 Å². The van der Waals surface area contributed by atoms with Crippen molar-refractivity contribution in [2.24, 2.45) is 10.9 Å². The third kappa shape index (κ3) is 8.04. The smallest absolute Gasteiger partial charge is 0.309 e. The quantitative estimate of drug-likeness (QED) is 0.259. The monoisotopic (exact) mass is 502 g/mol. The van der Waals surface area contributed by atoms with E-state index in [0.717, 1.165) is 37.5 Å². The van der Waals surface area contributed by atoms with Crippen LogP contribution in [0.4, 0.5) is 0 Å². The number of amides is 1. The third-order valence-electron chi connectivity index (χ3n) is 4.59. The molecule has 1 aromatic carbocycles. The maximum absolute atomic E-state index is 12.0. The maximum atomic E-state index is 12.0. The van der Waals surface area contributed by atoms with E-state index in [-0.39, 0.29) is 41.8 Å². The van der Waals surface area contributed by atoms with Gasteiger partial charge >= 0.3 is 5.97 Å². The zero-order chi connectivity index (χ0) is 19.5. The molecule has 8 heteroatoms. The number of hydrogen-bond donors (Lipinski definition) is 2. The van der Waals surface area contributed by atoms with E-state index in [1.54, 1.807) is 7.05 Å². The van der Waals surface area contributed by atoms with Crippen LogP contribution in [0.15, 0.2) is 35.3 Å². The molecule has 0 spiro atoms. The van der Waals surface area contributed by atoms with Crippen LogP contribution in [0.3, 0.4) is 0 Å². The fraction of sp³-hybridized carbons (Fsp3) is 0.550. The van der Waals surface area contributed by atoms with Crippen LogP contribution in [-0.2, 0) is 20.9 Å². The molecule has 28 heavy (non-hydrogen) atoms. The number of hydrogen-bond acceptors (Lipinski definition) is 4. The lowest BCUT2D eigenvalue weighted by Crippen LogP contribution is -2.47. The van der Waals surface area contributed by atoms with Crippen LogP contribution in [0.25, 0.3) is 0 Å². The van der Waals surface area contributed by atoms with Gasteiger partial charge in [0.05, 0.1) is 12.5 Å². The summed E-state index contributed by atoms with van der Waals surface area (Å²) in [7, 11) is 1.73. The molecule has 1 saturated heterocycles. The van der Waals surface area contributed by atoms with Crippen molar-refractivity contribution in [1.29, 1.82) is 0 Å². The van der Waals surface area contributed by atoms with Gasteiger partial charge in [-0.1, -0.05) is 30.3 Å². The van der Waals surface area contributed by atoms with Crippen molar-refractivity contribution in [3.05, 3.63) is 35.9 Å². The molecule has 0 saturated carbocycles. The molecule has 0 radical (unpaired) electrons. The number of esters is 1. The summed E-state index contributed by atoms with van der Waals surface area (Å²) in [5, 5.41) is 6.15. The minimum atomic E-state index is -0.102. The van der Waals surface area contributed by atoms with Crippen molar-refractivity contribution in [3.63, 3.8) is 0 Å². The normalized spacial score (nSPS) is 14.8. The standard InChI is InChI=1S/C20H30N4O3.HI/c1-3-27-19(26)17-10-13-24(14-11-17)20(21-2)22-12-9-18(25)23-15-16-7-5-4-6-8-16;/h4-8,17H,3,9-15H2,1-2H3,(H,21,22)(H,23,25);1H. The maximum Gasteiger partial charge on any atom is 0.309 e. The van der Waals surface area contributed by atoms with Gasteiger partial charge in [-0.2, -0.15) is 0 Å². The Labute approximate surface area is 184 Å². The fourth-order valence-corrected chi connectivity index (χ4v) is 3.09. The molecule has 156 valence electrons. The first kappa shape index (κ1) is 24.2. The van der Waals surface area contributed by atoms with Crippen molar-refractivity contribution in [1.82, 2.24) is 15.5 Å². The van der Waals surface area contributed by atoms with Crippen LogP contribution in [0.5, 0.6) is 0 Å². The summed E-state index contributed by atoms with van der Waals surface area (Å²) < 4.78 is 5.10. The molecule has 0 bridgehead atoms. The van der Waals surface area contributed by atoms with Gasteiger partial charge in [-0.25, -0.2) is 0 Å². The van der Waals surface area contributed by atoms with Crippen LogP contribution in [0, 0.1) is 5.92 Å². The summed E-state index contributed by atoms with van der Waals surface area (Å²) in [6, 6.07) is 9.84. The average Bonchev–Trinajstić information content (AvgIpc) is 2.71. The van der Waals surface area contributed by atoms with Crippen LogP contribution in [-0.4, -0.2) is 56.0 Å². The number of rotatable bonds is 7. The molecule has 0 aliphatic carbocycles. The van der Waals surface area contributed by atoms with Crippen molar-refractivity contribution < 1.29 is 14.3 Å². The van der Waals surface area contributed by atoms with Crippen molar-refractivity contribution >= 4 is 41.8 Å². The SMILES string of the molecule is CCOC(=O)C1CCN(C(=NC)NCCC(=O)NCc2ccccc2)CC1.I. The Kier molecular flexibility index (Phi) is 11.5.